The van der Waals surface area contributed by atoms with E-state index < -0.39 is 40.2 Å². The third-order valence-electron chi connectivity index (χ3n) is 2.90. The van der Waals surface area contributed by atoms with Gasteiger partial charge in [-0.1, -0.05) is 0 Å². The molecule has 1 aliphatic rings. The van der Waals surface area contributed by atoms with E-state index in [1.807, 2.05) is 0 Å². The minimum atomic E-state index is -3.16. The zero-order chi connectivity index (χ0) is 14.0. The monoisotopic (exact) mass is 320 g/mol. The number of alkyl halides is 2. The molecule has 0 unspecified atom stereocenters. The van der Waals surface area contributed by atoms with Crippen LogP contribution in [-0.2, 0) is 14.6 Å². The molecular formula is C10H19ClF2N2O3S. The smallest absolute Gasteiger partial charge is 0.277 e. The molecular weight excluding hydrogens is 302 g/mol. The van der Waals surface area contributed by atoms with Gasteiger partial charge in [0.25, 0.3) is 5.92 Å². The molecule has 0 heterocycles. The van der Waals surface area contributed by atoms with Crippen LogP contribution in [0, 0.1) is 5.41 Å². The van der Waals surface area contributed by atoms with E-state index in [1.165, 1.54) is 0 Å². The molecule has 1 saturated carbocycles. The maximum Gasteiger partial charge on any atom is 0.277 e. The first kappa shape index (κ1) is 18.5. The fourth-order valence-electron chi connectivity index (χ4n) is 1.81. The van der Waals surface area contributed by atoms with Gasteiger partial charge in [0, 0.05) is 12.7 Å². The molecule has 114 valence electrons. The van der Waals surface area contributed by atoms with E-state index in [1.54, 1.807) is 0 Å². The van der Waals surface area contributed by atoms with Crippen molar-refractivity contribution in [2.75, 3.05) is 25.1 Å². The molecule has 3 N–H and O–H groups in total. The van der Waals surface area contributed by atoms with E-state index in [4.69, 9.17) is 5.73 Å². The minimum absolute atomic E-state index is 0. The Bertz CT molecular complexity index is 424. The van der Waals surface area contributed by atoms with Crippen molar-refractivity contribution in [1.82, 2.24) is 5.32 Å². The fourth-order valence-corrected chi connectivity index (χ4v) is 3.31. The first-order chi connectivity index (χ1) is 8.08. The highest BCUT2D eigenvalue weighted by molar-refractivity contribution is 7.90. The summed E-state index contributed by atoms with van der Waals surface area (Å²) in [6.07, 6.45) is 2.36. The van der Waals surface area contributed by atoms with Crippen LogP contribution in [0.2, 0.25) is 0 Å². The maximum atomic E-state index is 12.8. The van der Waals surface area contributed by atoms with Gasteiger partial charge in [0.1, 0.15) is 9.84 Å². The normalized spacial score (nSPS) is 17.5. The number of nitrogens with two attached hydrogens (primary N) is 1. The van der Waals surface area contributed by atoms with Gasteiger partial charge in [-0.25, -0.2) is 17.2 Å². The lowest BCUT2D eigenvalue weighted by molar-refractivity contribution is -0.123. The van der Waals surface area contributed by atoms with Crippen molar-refractivity contribution < 1.29 is 22.0 Å². The van der Waals surface area contributed by atoms with Gasteiger partial charge in [-0.05, 0) is 18.3 Å². The minimum Gasteiger partial charge on any atom is -0.350 e. The molecule has 1 fully saturated rings. The lowest BCUT2D eigenvalue weighted by Gasteiger charge is -2.17. The summed E-state index contributed by atoms with van der Waals surface area (Å²) in [5, 5.41) is 2.09. The summed E-state index contributed by atoms with van der Waals surface area (Å²) in [6.45, 7) is -1.64. The van der Waals surface area contributed by atoms with Crippen LogP contribution < -0.4 is 11.1 Å². The summed E-state index contributed by atoms with van der Waals surface area (Å²) < 4.78 is 47.9. The second-order valence-corrected chi connectivity index (χ2v) is 7.22. The van der Waals surface area contributed by atoms with Crippen molar-refractivity contribution in [2.24, 2.45) is 11.1 Å². The second kappa shape index (κ2) is 6.32. The second-order valence-electron chi connectivity index (χ2n) is 5.08. The van der Waals surface area contributed by atoms with E-state index in [0.717, 1.165) is 6.26 Å². The molecule has 9 heteroatoms. The molecule has 0 aromatic heterocycles. The van der Waals surface area contributed by atoms with Gasteiger partial charge in [-0.3, -0.25) is 4.79 Å². The Hall–Kier alpha value is -0.470. The quantitative estimate of drug-likeness (QED) is 0.707. The zero-order valence-electron chi connectivity index (χ0n) is 10.6. The highest BCUT2D eigenvalue weighted by Gasteiger charge is 2.46. The van der Waals surface area contributed by atoms with Gasteiger partial charge >= 0.3 is 0 Å². The van der Waals surface area contributed by atoms with Crippen LogP contribution in [0.25, 0.3) is 0 Å². The van der Waals surface area contributed by atoms with Crippen molar-refractivity contribution in [3.05, 3.63) is 0 Å². The summed E-state index contributed by atoms with van der Waals surface area (Å²) in [5.74, 6) is -3.74. The SMILES string of the molecule is CS(=O)(=O)CC1(CC(=O)NCC(F)(F)CN)CC1.Cl. The molecule has 1 amide bonds. The van der Waals surface area contributed by atoms with Crippen molar-refractivity contribution in [1.29, 1.82) is 0 Å². The van der Waals surface area contributed by atoms with Crippen molar-refractivity contribution >= 4 is 28.2 Å². The Morgan fingerprint density at radius 2 is 1.95 bits per heavy atom. The highest BCUT2D eigenvalue weighted by atomic mass is 35.5. The molecule has 0 radical (unpaired) electrons. The Kier molecular flexibility index (Phi) is 6.16. The molecule has 0 saturated heterocycles. The summed E-state index contributed by atoms with van der Waals surface area (Å²) >= 11 is 0. The van der Waals surface area contributed by atoms with Gasteiger partial charge in [0.2, 0.25) is 5.91 Å². The zero-order valence-corrected chi connectivity index (χ0v) is 12.3. The number of hydrogen-bond acceptors (Lipinski definition) is 4. The number of carbonyl (C=O) groups is 1. The Labute approximate surface area is 117 Å². The van der Waals surface area contributed by atoms with Crippen molar-refractivity contribution in [3.8, 4) is 0 Å². The lowest BCUT2D eigenvalue weighted by atomic mass is 10.1. The number of carbonyl (C=O) groups excluding carboxylic acids is 1. The van der Waals surface area contributed by atoms with Gasteiger partial charge in [-0.15, -0.1) is 12.4 Å². The topological polar surface area (TPSA) is 89.3 Å². The van der Waals surface area contributed by atoms with E-state index >= 15 is 0 Å². The molecule has 1 rings (SSSR count). The molecule has 1 aliphatic carbocycles. The molecule has 19 heavy (non-hydrogen) atoms. The number of sulfone groups is 1. The summed E-state index contributed by atoms with van der Waals surface area (Å²) in [4.78, 5) is 11.5. The van der Waals surface area contributed by atoms with Gasteiger partial charge < -0.3 is 11.1 Å². The van der Waals surface area contributed by atoms with E-state index in [0.29, 0.717) is 12.8 Å². The maximum absolute atomic E-state index is 12.8. The number of amides is 1. The van der Waals surface area contributed by atoms with Gasteiger partial charge in [0.05, 0.1) is 18.8 Å². The largest absolute Gasteiger partial charge is 0.350 e. The summed E-state index contributed by atoms with van der Waals surface area (Å²) in [6, 6.07) is 0. The first-order valence-corrected chi connectivity index (χ1v) is 7.66. The Morgan fingerprint density at radius 3 is 2.32 bits per heavy atom. The van der Waals surface area contributed by atoms with E-state index in [2.05, 4.69) is 5.32 Å². The van der Waals surface area contributed by atoms with Crippen LogP contribution in [-0.4, -0.2) is 45.3 Å². The standard InChI is InChI=1S/C10H18F2N2O3S.ClH/c1-18(16,17)7-9(2-3-9)4-8(15)14-6-10(11,12)5-13;/h2-7,13H2,1H3,(H,14,15);1H. The van der Waals surface area contributed by atoms with Crippen LogP contribution >= 0.6 is 12.4 Å². The Morgan fingerprint density at radius 1 is 1.42 bits per heavy atom. The highest BCUT2D eigenvalue weighted by Crippen LogP contribution is 2.49. The first-order valence-electron chi connectivity index (χ1n) is 5.60. The Balaban J connectivity index is 0.00000324. The lowest BCUT2D eigenvalue weighted by Crippen LogP contribution is -2.42. The van der Waals surface area contributed by atoms with Crippen molar-refractivity contribution in [2.45, 2.75) is 25.2 Å². The summed E-state index contributed by atoms with van der Waals surface area (Å²) in [5.41, 5.74) is 4.29. The van der Waals surface area contributed by atoms with Crippen LogP contribution in [0.3, 0.4) is 0 Å². The van der Waals surface area contributed by atoms with Crippen molar-refractivity contribution in [3.63, 3.8) is 0 Å². The third kappa shape index (κ3) is 7.03. The number of halogens is 3. The van der Waals surface area contributed by atoms with Gasteiger partial charge in [-0.2, -0.15) is 0 Å². The van der Waals surface area contributed by atoms with Gasteiger partial charge in [0.15, 0.2) is 0 Å². The van der Waals surface area contributed by atoms with Crippen LogP contribution in [0.4, 0.5) is 8.78 Å². The number of nitrogens with one attached hydrogen (secondary N) is 1. The molecule has 0 aliphatic heterocycles. The molecule has 5 nitrogen and oxygen atoms in total. The van der Waals surface area contributed by atoms with Crippen LogP contribution in [0.1, 0.15) is 19.3 Å². The molecule has 0 aromatic carbocycles. The average Bonchev–Trinajstić information content (AvgIpc) is 2.92. The third-order valence-corrected chi connectivity index (χ3v) is 4.04. The van der Waals surface area contributed by atoms with E-state index in [-0.39, 0.29) is 24.6 Å². The molecule has 0 spiro atoms. The predicted octanol–water partition coefficient (Wildman–Crippen LogP) is 0.333. The van der Waals surface area contributed by atoms with Crippen LogP contribution in [0.15, 0.2) is 0 Å². The fraction of sp³-hybridized carbons (Fsp3) is 0.900. The van der Waals surface area contributed by atoms with E-state index in [9.17, 15) is 22.0 Å². The molecule has 0 aromatic rings. The average molecular weight is 321 g/mol. The predicted molar refractivity (Wildman–Crippen MR) is 70.3 cm³/mol. The number of rotatable bonds is 7. The van der Waals surface area contributed by atoms with Crippen LogP contribution in [0.5, 0.6) is 0 Å². The molecule has 0 bridgehead atoms. The number of hydrogen-bond donors (Lipinski definition) is 2. The molecule has 0 atom stereocenters. The summed E-state index contributed by atoms with van der Waals surface area (Å²) in [7, 11) is -3.16.